The Morgan fingerprint density at radius 2 is 1.81 bits per heavy atom. The lowest BCUT2D eigenvalue weighted by Crippen LogP contribution is -2.32. The SMILES string of the molecule is Nc1nc(Sc2ncccn2)nc2c1C(=O)N(c1ccc(C3CCC(CC(=O)O)CC3)cc1)CCO2. The molecule has 1 aliphatic carbocycles. The summed E-state index contributed by atoms with van der Waals surface area (Å²) in [5.41, 5.74) is 8.29. The number of nitrogen functional groups attached to an aromatic ring is 1. The maximum atomic E-state index is 13.4. The first kappa shape index (κ1) is 24.0. The van der Waals surface area contributed by atoms with E-state index in [0.717, 1.165) is 43.1 Å². The number of aliphatic carboxylic acids is 1. The number of carbonyl (C=O) groups excluding carboxylic acids is 1. The minimum Gasteiger partial charge on any atom is -0.481 e. The molecule has 5 rings (SSSR count). The molecule has 2 aliphatic rings. The molecular weight excluding hydrogens is 480 g/mol. The Morgan fingerprint density at radius 1 is 1.08 bits per heavy atom. The van der Waals surface area contributed by atoms with Gasteiger partial charge in [0.25, 0.3) is 5.91 Å². The average Bonchev–Trinajstić information content (AvgIpc) is 3.04. The number of hydrogen-bond donors (Lipinski definition) is 2. The lowest BCUT2D eigenvalue weighted by molar-refractivity contribution is -0.138. The summed E-state index contributed by atoms with van der Waals surface area (Å²) < 4.78 is 5.80. The minimum absolute atomic E-state index is 0.0464. The highest BCUT2D eigenvalue weighted by Crippen LogP contribution is 2.38. The molecule has 0 saturated heterocycles. The zero-order valence-corrected chi connectivity index (χ0v) is 20.4. The Balaban J connectivity index is 1.31. The van der Waals surface area contributed by atoms with Crippen LogP contribution in [0.25, 0.3) is 0 Å². The molecular formula is C25H26N6O4S. The van der Waals surface area contributed by atoms with Crippen LogP contribution in [0.1, 0.15) is 53.9 Å². The molecule has 1 aromatic carbocycles. The van der Waals surface area contributed by atoms with Gasteiger partial charge in [-0.1, -0.05) is 12.1 Å². The monoisotopic (exact) mass is 506 g/mol. The highest BCUT2D eigenvalue weighted by molar-refractivity contribution is 7.99. The van der Waals surface area contributed by atoms with Crippen molar-refractivity contribution < 1.29 is 19.4 Å². The van der Waals surface area contributed by atoms with Gasteiger partial charge in [0.2, 0.25) is 11.0 Å². The molecule has 36 heavy (non-hydrogen) atoms. The topological polar surface area (TPSA) is 144 Å². The van der Waals surface area contributed by atoms with Gasteiger partial charge in [-0.2, -0.15) is 4.98 Å². The standard InChI is InChI=1S/C25H26N6O4S/c26-21-20-22(30-25(29-21)36-24-27-10-1-11-28-24)35-13-12-31(23(20)34)18-8-6-17(7-9-18)16-4-2-15(3-5-16)14-19(32)33/h1,6-11,15-16H,2-5,12-14H2,(H,32,33)(H2,26,29,30). The number of ether oxygens (including phenoxy) is 1. The third-order valence-corrected chi connectivity index (χ3v) is 7.37. The van der Waals surface area contributed by atoms with Gasteiger partial charge in [-0.05, 0) is 73.0 Å². The fourth-order valence-corrected chi connectivity index (χ4v) is 5.46. The van der Waals surface area contributed by atoms with Gasteiger partial charge in [0, 0.05) is 24.5 Å². The van der Waals surface area contributed by atoms with E-state index in [1.165, 1.54) is 5.56 Å². The molecule has 3 heterocycles. The molecule has 0 atom stereocenters. The number of carboxylic acids is 1. The number of rotatable bonds is 6. The van der Waals surface area contributed by atoms with Crippen LogP contribution in [-0.4, -0.2) is 50.1 Å². The van der Waals surface area contributed by atoms with Crippen LogP contribution in [-0.2, 0) is 4.79 Å². The first-order valence-electron chi connectivity index (χ1n) is 11.9. The van der Waals surface area contributed by atoms with E-state index in [4.69, 9.17) is 15.6 Å². The number of amides is 1. The van der Waals surface area contributed by atoms with E-state index in [1.54, 1.807) is 23.4 Å². The number of anilines is 2. The molecule has 0 spiro atoms. The number of hydrogen-bond acceptors (Lipinski definition) is 9. The van der Waals surface area contributed by atoms with Gasteiger partial charge >= 0.3 is 5.97 Å². The largest absolute Gasteiger partial charge is 0.481 e. The van der Waals surface area contributed by atoms with Gasteiger partial charge in [0.15, 0.2) is 5.16 Å². The molecule has 0 unspecified atom stereocenters. The fraction of sp³-hybridized carbons (Fsp3) is 0.360. The lowest BCUT2D eigenvalue weighted by Gasteiger charge is -2.28. The highest BCUT2D eigenvalue weighted by atomic mass is 32.2. The zero-order valence-electron chi connectivity index (χ0n) is 19.5. The van der Waals surface area contributed by atoms with Crippen molar-refractivity contribution in [2.75, 3.05) is 23.8 Å². The Labute approximate surface area is 212 Å². The number of aromatic nitrogens is 4. The van der Waals surface area contributed by atoms with Crippen molar-refractivity contribution in [3.63, 3.8) is 0 Å². The normalized spacial score (nSPS) is 19.8. The zero-order chi connectivity index (χ0) is 25.1. The molecule has 0 bridgehead atoms. The van der Waals surface area contributed by atoms with Gasteiger partial charge in [-0.3, -0.25) is 9.59 Å². The summed E-state index contributed by atoms with van der Waals surface area (Å²) >= 11 is 1.14. The van der Waals surface area contributed by atoms with Crippen LogP contribution in [0.4, 0.5) is 11.5 Å². The summed E-state index contributed by atoms with van der Waals surface area (Å²) in [7, 11) is 0. The highest BCUT2D eigenvalue weighted by Gasteiger charge is 2.30. The molecule has 186 valence electrons. The molecule has 10 nitrogen and oxygen atoms in total. The second-order valence-corrected chi connectivity index (χ2v) is 9.85. The number of nitrogens with zero attached hydrogens (tertiary/aromatic N) is 5. The first-order chi connectivity index (χ1) is 17.5. The second kappa shape index (κ2) is 10.5. The Bertz CT molecular complexity index is 1250. The molecule has 0 radical (unpaired) electrons. The average molecular weight is 507 g/mol. The van der Waals surface area contributed by atoms with E-state index < -0.39 is 5.97 Å². The van der Waals surface area contributed by atoms with Crippen LogP contribution >= 0.6 is 11.8 Å². The number of nitrogens with two attached hydrogens (primary N) is 1. The van der Waals surface area contributed by atoms with Crippen molar-refractivity contribution in [3.05, 3.63) is 53.9 Å². The summed E-state index contributed by atoms with van der Waals surface area (Å²) in [5, 5.41) is 9.81. The Hall–Kier alpha value is -3.73. The molecule has 3 aromatic rings. The Kier molecular flexibility index (Phi) is 6.99. The maximum absolute atomic E-state index is 13.4. The van der Waals surface area contributed by atoms with Crippen molar-refractivity contribution in [2.24, 2.45) is 5.92 Å². The lowest BCUT2D eigenvalue weighted by atomic mass is 9.77. The molecule has 1 fully saturated rings. The maximum Gasteiger partial charge on any atom is 0.303 e. The van der Waals surface area contributed by atoms with E-state index >= 15 is 0 Å². The van der Waals surface area contributed by atoms with Crippen molar-refractivity contribution in [3.8, 4) is 5.88 Å². The smallest absolute Gasteiger partial charge is 0.303 e. The molecule has 1 aliphatic heterocycles. The van der Waals surface area contributed by atoms with E-state index in [2.05, 4.69) is 32.1 Å². The minimum atomic E-state index is -0.721. The van der Waals surface area contributed by atoms with Gasteiger partial charge < -0.3 is 20.5 Å². The predicted octanol–water partition coefficient (Wildman–Crippen LogP) is 3.79. The van der Waals surface area contributed by atoms with Gasteiger partial charge in [-0.15, -0.1) is 0 Å². The van der Waals surface area contributed by atoms with E-state index in [0.29, 0.717) is 22.8 Å². The second-order valence-electron chi connectivity index (χ2n) is 8.92. The summed E-state index contributed by atoms with van der Waals surface area (Å²) in [6.45, 7) is 0.606. The Morgan fingerprint density at radius 3 is 2.50 bits per heavy atom. The van der Waals surface area contributed by atoms with Crippen LogP contribution in [0.3, 0.4) is 0 Å². The first-order valence-corrected chi connectivity index (χ1v) is 12.7. The number of carboxylic acid groups (broad SMARTS) is 1. The van der Waals surface area contributed by atoms with E-state index in [9.17, 15) is 9.59 Å². The van der Waals surface area contributed by atoms with Crippen LogP contribution < -0.4 is 15.4 Å². The van der Waals surface area contributed by atoms with Crippen LogP contribution in [0.15, 0.2) is 53.0 Å². The van der Waals surface area contributed by atoms with Crippen LogP contribution in [0.2, 0.25) is 0 Å². The summed E-state index contributed by atoms with van der Waals surface area (Å²) in [4.78, 5) is 43.0. The predicted molar refractivity (Wildman–Crippen MR) is 133 cm³/mol. The summed E-state index contributed by atoms with van der Waals surface area (Å²) in [6, 6.07) is 9.70. The summed E-state index contributed by atoms with van der Waals surface area (Å²) in [5.74, 6) is -0.162. The third kappa shape index (κ3) is 5.25. The molecule has 1 amide bonds. The van der Waals surface area contributed by atoms with E-state index in [1.807, 2.05) is 12.1 Å². The molecule has 2 aromatic heterocycles. The van der Waals surface area contributed by atoms with Crippen molar-refractivity contribution >= 4 is 35.1 Å². The van der Waals surface area contributed by atoms with Gasteiger partial charge in [-0.25, -0.2) is 15.0 Å². The third-order valence-electron chi connectivity index (χ3n) is 6.61. The number of carbonyl (C=O) groups is 2. The fourth-order valence-electron chi connectivity index (χ4n) is 4.80. The summed E-state index contributed by atoms with van der Waals surface area (Å²) in [6.07, 6.45) is 7.29. The van der Waals surface area contributed by atoms with E-state index in [-0.39, 0.29) is 42.1 Å². The number of benzene rings is 1. The van der Waals surface area contributed by atoms with Crippen molar-refractivity contribution in [1.82, 2.24) is 19.9 Å². The van der Waals surface area contributed by atoms with Crippen molar-refractivity contribution in [2.45, 2.75) is 48.3 Å². The van der Waals surface area contributed by atoms with Crippen LogP contribution in [0.5, 0.6) is 5.88 Å². The van der Waals surface area contributed by atoms with Crippen LogP contribution in [0, 0.1) is 5.92 Å². The molecule has 1 saturated carbocycles. The van der Waals surface area contributed by atoms with Gasteiger partial charge in [0.1, 0.15) is 18.0 Å². The quantitative estimate of drug-likeness (QED) is 0.474. The number of fused-ring (bicyclic) bond motifs is 1. The molecule has 11 heteroatoms. The van der Waals surface area contributed by atoms with Crippen molar-refractivity contribution in [1.29, 1.82) is 0 Å². The van der Waals surface area contributed by atoms with Gasteiger partial charge in [0.05, 0.1) is 6.54 Å². The molecule has 3 N–H and O–H groups in total.